The molecule has 8 heteroatoms. The van der Waals surface area contributed by atoms with Gasteiger partial charge < -0.3 is 26.4 Å². The molecule has 1 aliphatic carbocycles. The van der Waals surface area contributed by atoms with Crippen molar-refractivity contribution in [1.82, 2.24) is 16.0 Å². The second-order valence-electron chi connectivity index (χ2n) is 6.39. The van der Waals surface area contributed by atoms with Crippen LogP contribution in [0.3, 0.4) is 0 Å². The van der Waals surface area contributed by atoms with E-state index < -0.39 is 11.9 Å². The lowest BCUT2D eigenvalue weighted by atomic mass is 10.1. The number of amides is 3. The van der Waals surface area contributed by atoms with Crippen molar-refractivity contribution < 1.29 is 14.3 Å². The first-order valence-electron chi connectivity index (χ1n) is 8.37. The molecule has 1 aliphatic heterocycles. The van der Waals surface area contributed by atoms with E-state index in [0.717, 1.165) is 41.2 Å². The highest BCUT2D eigenvalue weighted by atomic mass is 35.5. The fraction of sp³-hybridized carbons (Fsp3) is 0.333. The van der Waals surface area contributed by atoms with Crippen molar-refractivity contribution in [1.29, 1.82) is 0 Å². The zero-order valence-electron chi connectivity index (χ0n) is 14.4. The molecule has 2 aliphatic rings. The number of ether oxygens (including phenoxy) is 1. The summed E-state index contributed by atoms with van der Waals surface area (Å²) in [4.78, 5) is 23.8. The standard InChI is InChI=1S/C18H21ClN4O3/c1-9(21-17(24)16-15(20)10(2)22-18(25)23-16)8-26-14-7-6-13(19)11-4-3-5-12(11)14/h6-7,9H,2-5,8,20H2,1H3,(H,21,24)(H2,22,23,25)/t9-/m1/s1. The summed E-state index contributed by atoms with van der Waals surface area (Å²) in [6, 6.07) is 2.86. The molecule has 3 rings (SSSR count). The molecular weight excluding hydrogens is 356 g/mol. The average Bonchev–Trinajstić information content (AvgIpc) is 3.08. The maximum Gasteiger partial charge on any atom is 0.323 e. The number of carbonyl (C=O) groups is 2. The number of nitrogens with one attached hydrogen (secondary N) is 3. The fourth-order valence-electron chi connectivity index (χ4n) is 3.06. The number of urea groups is 1. The number of rotatable bonds is 5. The van der Waals surface area contributed by atoms with E-state index in [9.17, 15) is 9.59 Å². The van der Waals surface area contributed by atoms with Crippen molar-refractivity contribution in [2.24, 2.45) is 5.73 Å². The van der Waals surface area contributed by atoms with E-state index in [-0.39, 0.29) is 29.7 Å². The largest absolute Gasteiger partial charge is 0.491 e. The number of hydrogen-bond acceptors (Lipinski definition) is 4. The second-order valence-corrected chi connectivity index (χ2v) is 6.80. The molecule has 0 radical (unpaired) electrons. The molecule has 1 aromatic rings. The molecule has 0 saturated heterocycles. The molecule has 0 bridgehead atoms. The van der Waals surface area contributed by atoms with Crippen LogP contribution in [-0.2, 0) is 17.6 Å². The van der Waals surface area contributed by atoms with Crippen LogP contribution in [0.15, 0.2) is 35.8 Å². The molecule has 0 unspecified atom stereocenters. The van der Waals surface area contributed by atoms with Gasteiger partial charge in [-0.3, -0.25) is 4.79 Å². The van der Waals surface area contributed by atoms with Crippen LogP contribution in [0.5, 0.6) is 5.75 Å². The van der Waals surface area contributed by atoms with Crippen LogP contribution in [0.2, 0.25) is 5.02 Å². The quantitative estimate of drug-likeness (QED) is 0.627. The van der Waals surface area contributed by atoms with E-state index in [1.165, 1.54) is 0 Å². The van der Waals surface area contributed by atoms with E-state index in [1.54, 1.807) is 0 Å². The topological polar surface area (TPSA) is 105 Å². The average molecular weight is 377 g/mol. The van der Waals surface area contributed by atoms with Crippen molar-refractivity contribution in [3.63, 3.8) is 0 Å². The summed E-state index contributed by atoms with van der Waals surface area (Å²) in [7, 11) is 0. The first-order valence-corrected chi connectivity index (χ1v) is 8.75. The minimum absolute atomic E-state index is 0.0158. The van der Waals surface area contributed by atoms with E-state index in [1.807, 2.05) is 19.1 Å². The van der Waals surface area contributed by atoms with Crippen LogP contribution in [0.25, 0.3) is 0 Å². The Labute approximate surface area is 156 Å². The Morgan fingerprint density at radius 3 is 2.88 bits per heavy atom. The number of benzene rings is 1. The van der Waals surface area contributed by atoms with Crippen molar-refractivity contribution in [3.8, 4) is 5.75 Å². The number of fused-ring (bicyclic) bond motifs is 1. The molecule has 0 aromatic heterocycles. The van der Waals surface area contributed by atoms with Crippen LogP contribution in [-0.4, -0.2) is 24.6 Å². The maximum atomic E-state index is 12.3. The van der Waals surface area contributed by atoms with E-state index in [0.29, 0.717) is 0 Å². The fourth-order valence-corrected chi connectivity index (χ4v) is 3.33. The van der Waals surface area contributed by atoms with Gasteiger partial charge in [-0.1, -0.05) is 18.2 Å². The Morgan fingerprint density at radius 1 is 1.38 bits per heavy atom. The normalized spacial score (nSPS) is 17.3. The summed E-state index contributed by atoms with van der Waals surface area (Å²) >= 11 is 6.22. The van der Waals surface area contributed by atoms with Gasteiger partial charge in [-0.05, 0) is 49.4 Å². The molecule has 0 spiro atoms. The number of hydrogen-bond donors (Lipinski definition) is 4. The van der Waals surface area contributed by atoms with Gasteiger partial charge in [0.2, 0.25) is 0 Å². The zero-order chi connectivity index (χ0) is 18.8. The summed E-state index contributed by atoms with van der Waals surface area (Å²) in [6.45, 7) is 5.69. The van der Waals surface area contributed by atoms with Gasteiger partial charge in [0.05, 0.1) is 17.4 Å². The predicted octanol–water partition coefficient (Wildman–Crippen LogP) is 1.71. The van der Waals surface area contributed by atoms with Gasteiger partial charge in [0.15, 0.2) is 0 Å². The lowest BCUT2D eigenvalue weighted by Gasteiger charge is -2.22. The Morgan fingerprint density at radius 2 is 2.12 bits per heavy atom. The van der Waals surface area contributed by atoms with Crippen molar-refractivity contribution in [2.45, 2.75) is 32.2 Å². The van der Waals surface area contributed by atoms with Crippen LogP contribution in [0, 0.1) is 0 Å². The van der Waals surface area contributed by atoms with Gasteiger partial charge in [0.25, 0.3) is 5.91 Å². The third-order valence-corrected chi connectivity index (χ3v) is 4.73. The third-order valence-electron chi connectivity index (χ3n) is 4.38. The van der Waals surface area contributed by atoms with Gasteiger partial charge in [-0.15, -0.1) is 0 Å². The summed E-state index contributed by atoms with van der Waals surface area (Å²) in [6.07, 6.45) is 2.96. The lowest BCUT2D eigenvalue weighted by Crippen LogP contribution is -2.49. The Kier molecular flexibility index (Phi) is 5.08. The molecule has 1 aromatic carbocycles. The minimum atomic E-state index is -0.546. The van der Waals surface area contributed by atoms with Gasteiger partial charge in [-0.2, -0.15) is 0 Å². The SMILES string of the molecule is C=C1NC(=O)NC(C(=O)N[C@H](C)COc2ccc(Cl)c3c2CCC3)=C1N. The third kappa shape index (κ3) is 3.62. The van der Waals surface area contributed by atoms with Crippen molar-refractivity contribution in [2.75, 3.05) is 6.61 Å². The predicted molar refractivity (Wildman–Crippen MR) is 98.6 cm³/mol. The van der Waals surface area contributed by atoms with E-state index >= 15 is 0 Å². The van der Waals surface area contributed by atoms with Crippen molar-refractivity contribution >= 4 is 23.5 Å². The van der Waals surface area contributed by atoms with Crippen LogP contribution in [0.4, 0.5) is 4.79 Å². The Bertz CT molecular complexity index is 819. The Balaban J connectivity index is 1.62. The second kappa shape index (κ2) is 7.29. The number of carbonyl (C=O) groups excluding carboxylic acids is 2. The van der Waals surface area contributed by atoms with E-state index in [2.05, 4.69) is 22.5 Å². The molecule has 5 N–H and O–H groups in total. The highest BCUT2D eigenvalue weighted by Gasteiger charge is 2.25. The molecule has 0 saturated carbocycles. The van der Waals surface area contributed by atoms with Gasteiger partial charge in [-0.25, -0.2) is 4.79 Å². The van der Waals surface area contributed by atoms with Crippen LogP contribution < -0.4 is 26.4 Å². The molecule has 7 nitrogen and oxygen atoms in total. The zero-order valence-corrected chi connectivity index (χ0v) is 15.2. The first kappa shape index (κ1) is 18.1. The highest BCUT2D eigenvalue weighted by molar-refractivity contribution is 6.31. The number of halogens is 1. The molecular formula is C18H21ClN4O3. The van der Waals surface area contributed by atoms with E-state index in [4.69, 9.17) is 22.1 Å². The molecule has 26 heavy (non-hydrogen) atoms. The molecule has 138 valence electrons. The molecule has 0 fully saturated rings. The summed E-state index contributed by atoms with van der Waals surface area (Å²) < 4.78 is 5.89. The monoisotopic (exact) mass is 376 g/mol. The summed E-state index contributed by atoms with van der Waals surface area (Å²) in [5.74, 6) is 0.307. The molecule has 1 atom stereocenters. The maximum absolute atomic E-state index is 12.3. The number of nitrogens with two attached hydrogens (primary N) is 1. The minimum Gasteiger partial charge on any atom is -0.491 e. The molecule has 3 amide bonds. The molecule has 1 heterocycles. The highest BCUT2D eigenvalue weighted by Crippen LogP contribution is 2.35. The van der Waals surface area contributed by atoms with Gasteiger partial charge in [0.1, 0.15) is 18.1 Å². The van der Waals surface area contributed by atoms with Gasteiger partial charge >= 0.3 is 6.03 Å². The smallest absolute Gasteiger partial charge is 0.323 e. The van der Waals surface area contributed by atoms with Crippen molar-refractivity contribution in [3.05, 3.63) is 52.0 Å². The Hall–Kier alpha value is -2.67. The summed E-state index contributed by atoms with van der Waals surface area (Å²) in [5.41, 5.74) is 8.37. The lowest BCUT2D eigenvalue weighted by molar-refractivity contribution is -0.118. The summed E-state index contributed by atoms with van der Waals surface area (Å²) in [5, 5.41) is 8.32. The first-order chi connectivity index (χ1) is 12.4. The van der Waals surface area contributed by atoms with Crippen LogP contribution in [0.1, 0.15) is 24.5 Å². The van der Waals surface area contributed by atoms with Crippen LogP contribution >= 0.6 is 11.6 Å². The van der Waals surface area contributed by atoms with Gasteiger partial charge in [0, 0.05) is 5.02 Å².